The van der Waals surface area contributed by atoms with Crippen LogP contribution in [0.1, 0.15) is 0 Å². The Morgan fingerprint density at radius 1 is 1.29 bits per heavy atom. The first-order valence-corrected chi connectivity index (χ1v) is 7.12. The quantitative estimate of drug-likeness (QED) is 0.680. The van der Waals surface area contributed by atoms with Crippen molar-refractivity contribution in [3.05, 3.63) is 13.7 Å². The van der Waals surface area contributed by atoms with Gasteiger partial charge in [0.1, 0.15) is 4.60 Å². The minimum Gasteiger partial charge on any atom is -0.378 e. The molecule has 6 nitrogen and oxygen atoms in total. The lowest BCUT2D eigenvalue weighted by molar-refractivity contribution is 0.0186. The molecule has 2 rings (SSSR count). The van der Waals surface area contributed by atoms with Crippen molar-refractivity contribution >= 4 is 53.9 Å². The number of nitrogens with zero attached hydrogens (tertiary/aromatic N) is 3. The van der Waals surface area contributed by atoms with Crippen LogP contribution in [0, 0.1) is 0 Å². The number of amides is 1. The molecule has 0 unspecified atom stereocenters. The molecule has 0 spiro atoms. The summed E-state index contributed by atoms with van der Waals surface area (Å²) in [6.45, 7) is 2.12. The minimum atomic E-state index is -0.448. The van der Waals surface area contributed by atoms with E-state index in [9.17, 15) is 4.79 Å². The molecule has 1 amide bonds. The molecule has 0 atom stereocenters. The molecule has 0 saturated carbocycles. The number of aromatic nitrogens is 2. The zero-order valence-corrected chi connectivity index (χ0v) is 13.3. The molecule has 94 valence electrons. The van der Waals surface area contributed by atoms with E-state index in [-0.39, 0.29) is 0 Å². The fourth-order valence-corrected chi connectivity index (χ4v) is 2.44. The smallest absolute Gasteiger partial charge is 0.378 e. The third-order valence-electron chi connectivity index (χ3n) is 2.14. The number of carbonyl (C=O) groups excluding carboxylic acids is 1. The summed E-state index contributed by atoms with van der Waals surface area (Å²) in [4.78, 5) is 19.6. The van der Waals surface area contributed by atoms with E-state index in [4.69, 9.17) is 9.57 Å². The molecule has 1 aromatic heterocycles. The Morgan fingerprint density at radius 2 is 1.94 bits per heavy atom. The van der Waals surface area contributed by atoms with Gasteiger partial charge >= 0.3 is 6.09 Å². The van der Waals surface area contributed by atoms with Gasteiger partial charge in [0.05, 0.1) is 17.7 Å². The molecule has 1 aliphatic rings. The molecule has 1 saturated heterocycles. The minimum absolute atomic E-state index is 0.448. The molecule has 1 aliphatic heterocycles. The van der Waals surface area contributed by atoms with Crippen molar-refractivity contribution in [1.82, 2.24) is 14.8 Å². The highest BCUT2D eigenvalue weighted by Crippen LogP contribution is 2.29. The molecule has 0 bridgehead atoms. The first-order valence-electron chi connectivity index (χ1n) is 4.74. The lowest BCUT2D eigenvalue weighted by Gasteiger charge is -2.25. The van der Waals surface area contributed by atoms with Crippen LogP contribution in [-0.4, -0.2) is 47.2 Å². The van der Waals surface area contributed by atoms with E-state index in [1.165, 1.54) is 0 Å². The molecule has 1 aromatic rings. The van der Waals surface area contributed by atoms with E-state index < -0.39 is 6.09 Å². The fraction of sp³-hybridized carbons (Fsp3) is 0.500. The van der Waals surface area contributed by atoms with Crippen LogP contribution in [0.15, 0.2) is 13.7 Å². The maximum absolute atomic E-state index is 11.8. The fourth-order valence-electron chi connectivity index (χ4n) is 1.27. The summed E-state index contributed by atoms with van der Waals surface area (Å²) < 4.78 is 6.93. The number of rotatable bonds is 1. The molecule has 2 heterocycles. The second kappa shape index (κ2) is 5.68. The zero-order valence-electron chi connectivity index (χ0n) is 8.53. The average Bonchev–Trinajstić information content (AvgIpc) is 2.58. The standard InChI is InChI=1S/C8H8Br3N3O3/c9-5-6(10)12-14(7(5)11)17-8(15)13-1-3-16-4-2-13/h1-4H2. The Balaban J connectivity index is 2.04. The Kier molecular flexibility index (Phi) is 4.45. The van der Waals surface area contributed by atoms with Crippen LogP contribution >= 0.6 is 47.8 Å². The largest absolute Gasteiger partial charge is 0.436 e. The van der Waals surface area contributed by atoms with E-state index >= 15 is 0 Å². The number of hydrogen-bond acceptors (Lipinski definition) is 4. The van der Waals surface area contributed by atoms with Crippen LogP contribution in [-0.2, 0) is 4.74 Å². The van der Waals surface area contributed by atoms with E-state index in [2.05, 4.69) is 52.9 Å². The first-order chi connectivity index (χ1) is 8.09. The van der Waals surface area contributed by atoms with Crippen LogP contribution in [0.3, 0.4) is 0 Å². The van der Waals surface area contributed by atoms with Crippen molar-refractivity contribution in [1.29, 1.82) is 0 Å². The average molecular weight is 434 g/mol. The van der Waals surface area contributed by atoms with Gasteiger partial charge in [-0.3, -0.25) is 4.84 Å². The van der Waals surface area contributed by atoms with Crippen LogP contribution in [0.25, 0.3) is 0 Å². The van der Waals surface area contributed by atoms with Crippen molar-refractivity contribution in [2.75, 3.05) is 26.3 Å². The number of morpholine rings is 1. The van der Waals surface area contributed by atoms with E-state index in [1.807, 2.05) is 0 Å². The Hall–Kier alpha value is -0.120. The highest BCUT2D eigenvalue weighted by Gasteiger charge is 2.21. The van der Waals surface area contributed by atoms with Crippen LogP contribution in [0.2, 0.25) is 0 Å². The molecular formula is C8H8Br3N3O3. The maximum atomic E-state index is 11.8. The molecule has 1 fully saturated rings. The summed E-state index contributed by atoms with van der Waals surface area (Å²) in [5.74, 6) is 0. The van der Waals surface area contributed by atoms with Gasteiger partial charge in [-0.05, 0) is 47.8 Å². The van der Waals surface area contributed by atoms with Crippen LogP contribution in [0.5, 0.6) is 0 Å². The normalized spacial score (nSPS) is 16.1. The summed E-state index contributed by atoms with van der Waals surface area (Å²) in [6, 6.07) is 0. The molecule has 0 radical (unpaired) electrons. The van der Waals surface area contributed by atoms with Gasteiger partial charge < -0.3 is 9.64 Å². The number of hydrogen-bond donors (Lipinski definition) is 0. The lowest BCUT2D eigenvalue weighted by Crippen LogP contribution is -2.44. The van der Waals surface area contributed by atoms with Gasteiger partial charge in [-0.15, -0.1) is 5.10 Å². The number of carbonyl (C=O) groups is 1. The van der Waals surface area contributed by atoms with Crippen molar-refractivity contribution in [2.45, 2.75) is 0 Å². The summed E-state index contributed by atoms with van der Waals surface area (Å²) in [5.41, 5.74) is 0. The molecule has 9 heteroatoms. The topological polar surface area (TPSA) is 56.6 Å². The second-order valence-corrected chi connectivity index (χ2v) is 5.52. The summed E-state index contributed by atoms with van der Waals surface area (Å²) in [7, 11) is 0. The Labute approximate surface area is 123 Å². The van der Waals surface area contributed by atoms with E-state index in [1.54, 1.807) is 4.90 Å². The number of ether oxygens (including phenoxy) is 1. The monoisotopic (exact) mass is 431 g/mol. The van der Waals surface area contributed by atoms with Crippen molar-refractivity contribution in [2.24, 2.45) is 0 Å². The SMILES string of the molecule is O=C(On1nc(Br)c(Br)c1Br)N1CCOCC1. The van der Waals surface area contributed by atoms with Crippen molar-refractivity contribution in [3.63, 3.8) is 0 Å². The third-order valence-corrected chi connectivity index (χ3v) is 5.21. The zero-order chi connectivity index (χ0) is 12.4. The molecular weight excluding hydrogens is 426 g/mol. The van der Waals surface area contributed by atoms with Crippen LogP contribution in [0.4, 0.5) is 4.79 Å². The van der Waals surface area contributed by atoms with Gasteiger partial charge in [0, 0.05) is 13.1 Å². The Bertz CT molecular complexity index is 431. The van der Waals surface area contributed by atoms with Gasteiger partial charge in [-0.25, -0.2) is 4.79 Å². The third kappa shape index (κ3) is 3.01. The number of halogens is 3. The van der Waals surface area contributed by atoms with Gasteiger partial charge in [-0.1, -0.05) is 4.85 Å². The summed E-state index contributed by atoms with van der Waals surface area (Å²) in [6.07, 6.45) is -0.448. The second-order valence-electron chi connectivity index (χ2n) is 3.23. The van der Waals surface area contributed by atoms with Gasteiger partial charge in [0.25, 0.3) is 0 Å². The highest BCUT2D eigenvalue weighted by molar-refractivity contribution is 9.14. The Morgan fingerprint density at radius 3 is 2.47 bits per heavy atom. The summed E-state index contributed by atoms with van der Waals surface area (Å²) >= 11 is 9.76. The van der Waals surface area contributed by atoms with Crippen molar-refractivity contribution in [3.8, 4) is 0 Å². The van der Waals surface area contributed by atoms with Crippen molar-refractivity contribution < 1.29 is 14.4 Å². The van der Waals surface area contributed by atoms with Gasteiger partial charge in [0.2, 0.25) is 0 Å². The van der Waals surface area contributed by atoms with Gasteiger partial charge in [0.15, 0.2) is 4.60 Å². The predicted molar refractivity (Wildman–Crippen MR) is 69.7 cm³/mol. The first kappa shape index (κ1) is 13.3. The highest BCUT2D eigenvalue weighted by atomic mass is 79.9. The van der Waals surface area contributed by atoms with E-state index in [0.29, 0.717) is 40.0 Å². The summed E-state index contributed by atoms with van der Waals surface area (Å²) in [5, 5.41) is 3.98. The molecule has 0 N–H and O–H groups in total. The molecule has 0 aromatic carbocycles. The predicted octanol–water partition coefficient (Wildman–Crippen LogP) is 2.05. The van der Waals surface area contributed by atoms with Crippen LogP contribution < -0.4 is 4.84 Å². The van der Waals surface area contributed by atoms with E-state index in [0.717, 1.165) is 4.85 Å². The molecule has 0 aliphatic carbocycles. The maximum Gasteiger partial charge on any atom is 0.436 e. The van der Waals surface area contributed by atoms with Gasteiger partial charge in [-0.2, -0.15) is 0 Å². The molecule has 17 heavy (non-hydrogen) atoms. The lowest BCUT2D eigenvalue weighted by atomic mass is 10.5.